The van der Waals surface area contributed by atoms with E-state index in [1.807, 2.05) is 0 Å². The molecule has 0 amide bonds. The molecule has 0 atom stereocenters. The standard InChI is InChI=1S/C17H36N2O/c1-6-20-12-11-19(5)14-17(13-18-15(2)3)9-7-16(4)8-10-17/h15-16,18H,6-14H2,1-5H3. The second-order valence-electron chi connectivity index (χ2n) is 7.15. The Bertz CT molecular complexity index is 247. The fourth-order valence-electron chi connectivity index (χ4n) is 3.20. The van der Waals surface area contributed by atoms with Crippen LogP contribution in [0.2, 0.25) is 0 Å². The summed E-state index contributed by atoms with van der Waals surface area (Å²) in [4.78, 5) is 2.47. The van der Waals surface area contributed by atoms with Gasteiger partial charge in [-0.15, -0.1) is 0 Å². The lowest BCUT2D eigenvalue weighted by Crippen LogP contribution is -2.47. The van der Waals surface area contributed by atoms with Gasteiger partial charge in [0.1, 0.15) is 0 Å². The Morgan fingerprint density at radius 1 is 1.30 bits per heavy atom. The molecule has 1 rings (SSSR count). The molecule has 1 saturated carbocycles. The van der Waals surface area contributed by atoms with Crippen molar-refractivity contribution in [3.63, 3.8) is 0 Å². The van der Waals surface area contributed by atoms with Crippen LogP contribution in [0.1, 0.15) is 53.4 Å². The molecule has 20 heavy (non-hydrogen) atoms. The molecule has 0 spiro atoms. The van der Waals surface area contributed by atoms with Crippen LogP contribution in [0, 0.1) is 11.3 Å². The molecule has 0 radical (unpaired) electrons. The Hall–Kier alpha value is -0.120. The summed E-state index contributed by atoms with van der Waals surface area (Å²) < 4.78 is 5.48. The van der Waals surface area contributed by atoms with E-state index in [1.54, 1.807) is 0 Å². The summed E-state index contributed by atoms with van der Waals surface area (Å²) in [5, 5.41) is 3.69. The first-order valence-corrected chi connectivity index (χ1v) is 8.47. The Labute approximate surface area is 126 Å². The zero-order valence-corrected chi connectivity index (χ0v) is 14.4. The van der Waals surface area contributed by atoms with Crippen molar-refractivity contribution in [1.82, 2.24) is 10.2 Å². The zero-order chi connectivity index (χ0) is 15.0. The largest absolute Gasteiger partial charge is 0.380 e. The summed E-state index contributed by atoms with van der Waals surface area (Å²) in [6.07, 6.45) is 5.51. The molecule has 3 nitrogen and oxygen atoms in total. The molecule has 1 aliphatic carbocycles. The Morgan fingerprint density at radius 2 is 1.95 bits per heavy atom. The molecule has 1 aliphatic rings. The highest BCUT2D eigenvalue weighted by molar-refractivity contribution is 4.89. The molecule has 0 aliphatic heterocycles. The van der Waals surface area contributed by atoms with Crippen molar-refractivity contribution in [2.24, 2.45) is 11.3 Å². The van der Waals surface area contributed by atoms with Gasteiger partial charge in [-0.1, -0.05) is 33.6 Å². The molecular weight excluding hydrogens is 248 g/mol. The average Bonchev–Trinajstić information content (AvgIpc) is 2.40. The molecule has 120 valence electrons. The van der Waals surface area contributed by atoms with Crippen molar-refractivity contribution in [3.05, 3.63) is 0 Å². The topological polar surface area (TPSA) is 24.5 Å². The molecule has 0 heterocycles. The maximum absolute atomic E-state index is 5.48. The number of likely N-dealkylation sites (N-methyl/N-ethyl adjacent to an activating group) is 1. The summed E-state index contributed by atoms with van der Waals surface area (Å²) in [6, 6.07) is 0.583. The lowest BCUT2D eigenvalue weighted by molar-refractivity contribution is 0.0710. The van der Waals surface area contributed by atoms with E-state index in [4.69, 9.17) is 4.74 Å². The van der Waals surface area contributed by atoms with Crippen LogP contribution in [0.15, 0.2) is 0 Å². The number of nitrogens with zero attached hydrogens (tertiary/aromatic N) is 1. The third kappa shape index (κ3) is 6.55. The van der Waals surface area contributed by atoms with E-state index in [0.29, 0.717) is 11.5 Å². The number of hydrogen-bond donors (Lipinski definition) is 1. The minimum absolute atomic E-state index is 0.470. The van der Waals surface area contributed by atoms with Gasteiger partial charge in [0.25, 0.3) is 0 Å². The number of ether oxygens (including phenoxy) is 1. The van der Waals surface area contributed by atoms with Crippen LogP contribution < -0.4 is 5.32 Å². The number of hydrogen-bond acceptors (Lipinski definition) is 3. The van der Waals surface area contributed by atoms with Crippen LogP contribution >= 0.6 is 0 Å². The van der Waals surface area contributed by atoms with Gasteiger partial charge >= 0.3 is 0 Å². The van der Waals surface area contributed by atoms with Crippen LogP contribution in [0.3, 0.4) is 0 Å². The fourth-order valence-corrected chi connectivity index (χ4v) is 3.20. The minimum Gasteiger partial charge on any atom is -0.380 e. The van der Waals surface area contributed by atoms with Gasteiger partial charge in [0.05, 0.1) is 6.61 Å². The van der Waals surface area contributed by atoms with E-state index in [0.717, 1.165) is 32.2 Å². The normalized spacial score (nSPS) is 27.4. The monoisotopic (exact) mass is 284 g/mol. The molecule has 0 aromatic heterocycles. The molecule has 1 N–H and O–H groups in total. The predicted molar refractivity (Wildman–Crippen MR) is 87.2 cm³/mol. The van der Waals surface area contributed by atoms with Crippen LogP contribution in [-0.2, 0) is 4.74 Å². The molecule has 0 bridgehead atoms. The summed E-state index contributed by atoms with van der Waals surface area (Å²) in [5.74, 6) is 0.913. The van der Waals surface area contributed by atoms with Gasteiger partial charge in [0, 0.05) is 32.3 Å². The zero-order valence-electron chi connectivity index (χ0n) is 14.4. The maximum atomic E-state index is 5.48. The fraction of sp³-hybridized carbons (Fsp3) is 1.00. The van der Waals surface area contributed by atoms with Crippen molar-refractivity contribution in [2.75, 3.05) is 39.9 Å². The Morgan fingerprint density at radius 3 is 2.50 bits per heavy atom. The second kappa shape index (κ2) is 9.01. The van der Waals surface area contributed by atoms with Gasteiger partial charge in [0.2, 0.25) is 0 Å². The van der Waals surface area contributed by atoms with Crippen molar-refractivity contribution in [3.8, 4) is 0 Å². The van der Waals surface area contributed by atoms with Crippen LogP contribution in [-0.4, -0.2) is 50.8 Å². The molecule has 0 unspecified atom stereocenters. The highest BCUT2D eigenvalue weighted by atomic mass is 16.5. The SMILES string of the molecule is CCOCCN(C)CC1(CNC(C)C)CCC(C)CC1. The van der Waals surface area contributed by atoms with Crippen molar-refractivity contribution >= 4 is 0 Å². The van der Waals surface area contributed by atoms with Gasteiger partial charge in [0.15, 0.2) is 0 Å². The van der Waals surface area contributed by atoms with Gasteiger partial charge < -0.3 is 15.0 Å². The average molecular weight is 284 g/mol. The number of rotatable bonds is 9. The maximum Gasteiger partial charge on any atom is 0.0593 e. The summed E-state index contributed by atoms with van der Waals surface area (Å²) in [7, 11) is 2.24. The van der Waals surface area contributed by atoms with E-state index in [1.165, 1.54) is 32.2 Å². The van der Waals surface area contributed by atoms with Gasteiger partial charge in [-0.25, -0.2) is 0 Å². The summed E-state index contributed by atoms with van der Waals surface area (Å²) in [5.41, 5.74) is 0.470. The van der Waals surface area contributed by atoms with Crippen molar-refractivity contribution in [1.29, 1.82) is 0 Å². The Kier molecular flexibility index (Phi) is 8.08. The molecule has 1 fully saturated rings. The number of nitrogens with one attached hydrogen (secondary N) is 1. The highest BCUT2D eigenvalue weighted by Gasteiger charge is 2.34. The molecular formula is C17H36N2O. The molecule has 0 aromatic carbocycles. The van der Waals surface area contributed by atoms with E-state index >= 15 is 0 Å². The second-order valence-corrected chi connectivity index (χ2v) is 7.15. The first kappa shape index (κ1) is 17.9. The van der Waals surface area contributed by atoms with Gasteiger partial charge in [-0.05, 0) is 38.1 Å². The van der Waals surface area contributed by atoms with E-state index in [2.05, 4.69) is 45.0 Å². The van der Waals surface area contributed by atoms with Gasteiger partial charge in [-0.2, -0.15) is 0 Å². The lowest BCUT2D eigenvalue weighted by Gasteiger charge is -2.42. The van der Waals surface area contributed by atoms with Crippen LogP contribution in [0.4, 0.5) is 0 Å². The van der Waals surface area contributed by atoms with Crippen molar-refractivity contribution < 1.29 is 4.74 Å². The van der Waals surface area contributed by atoms with Gasteiger partial charge in [-0.3, -0.25) is 0 Å². The lowest BCUT2D eigenvalue weighted by atomic mass is 9.70. The first-order valence-electron chi connectivity index (χ1n) is 8.47. The predicted octanol–water partition coefficient (Wildman–Crippen LogP) is 3.15. The highest BCUT2D eigenvalue weighted by Crippen LogP contribution is 2.39. The molecule has 0 aromatic rings. The summed E-state index contributed by atoms with van der Waals surface area (Å²) >= 11 is 0. The van der Waals surface area contributed by atoms with E-state index < -0.39 is 0 Å². The molecule has 3 heteroatoms. The van der Waals surface area contributed by atoms with Crippen molar-refractivity contribution in [2.45, 2.75) is 59.4 Å². The minimum atomic E-state index is 0.470. The van der Waals surface area contributed by atoms with E-state index in [-0.39, 0.29) is 0 Å². The quantitative estimate of drug-likeness (QED) is 0.658. The third-order valence-electron chi connectivity index (χ3n) is 4.65. The van der Waals surface area contributed by atoms with E-state index in [9.17, 15) is 0 Å². The van der Waals surface area contributed by atoms with Crippen LogP contribution in [0.5, 0.6) is 0 Å². The smallest absolute Gasteiger partial charge is 0.0593 e. The third-order valence-corrected chi connectivity index (χ3v) is 4.65. The first-order chi connectivity index (χ1) is 9.47. The Balaban J connectivity index is 2.49. The van der Waals surface area contributed by atoms with Crippen LogP contribution in [0.25, 0.3) is 0 Å². The molecule has 0 saturated heterocycles. The summed E-state index contributed by atoms with van der Waals surface area (Å²) in [6.45, 7) is 14.1.